The molecule has 0 amide bonds. The maximum Gasteiger partial charge on any atom is 0.140 e. The Balaban J connectivity index is 2.33. The molecule has 0 saturated heterocycles. The number of nitrogens with two attached hydrogens (primary N) is 1. The fourth-order valence-corrected chi connectivity index (χ4v) is 2.38. The van der Waals surface area contributed by atoms with Crippen molar-refractivity contribution in [2.24, 2.45) is 10.9 Å². The molecular formula is C9H14BrN3OS. The standard InChI is InChI=1S/C9H14BrN3OS/c1-13(3-2-9(11)12-14)5-7-4-8(10)15-6-7/h4,6,14H,2-3,5H2,1H3,(H2,11,12). The number of oxime groups is 1. The van der Waals surface area contributed by atoms with Gasteiger partial charge in [-0.25, -0.2) is 0 Å². The lowest BCUT2D eigenvalue weighted by atomic mass is 10.3. The lowest BCUT2D eigenvalue weighted by Crippen LogP contribution is -2.24. The molecule has 84 valence electrons. The largest absolute Gasteiger partial charge is 0.409 e. The van der Waals surface area contributed by atoms with Crippen LogP contribution < -0.4 is 5.73 Å². The minimum absolute atomic E-state index is 0.272. The number of hydrogen-bond acceptors (Lipinski definition) is 4. The van der Waals surface area contributed by atoms with Crippen molar-refractivity contribution in [1.29, 1.82) is 0 Å². The molecule has 0 spiro atoms. The smallest absolute Gasteiger partial charge is 0.140 e. The zero-order valence-electron chi connectivity index (χ0n) is 8.48. The van der Waals surface area contributed by atoms with Crippen LogP contribution in [-0.2, 0) is 6.54 Å². The van der Waals surface area contributed by atoms with E-state index in [4.69, 9.17) is 10.9 Å². The Labute approximate surface area is 102 Å². The van der Waals surface area contributed by atoms with Gasteiger partial charge < -0.3 is 15.8 Å². The van der Waals surface area contributed by atoms with Gasteiger partial charge in [0, 0.05) is 19.5 Å². The van der Waals surface area contributed by atoms with E-state index in [9.17, 15) is 0 Å². The molecule has 0 aliphatic rings. The number of thiophene rings is 1. The monoisotopic (exact) mass is 291 g/mol. The molecule has 3 N–H and O–H groups in total. The maximum atomic E-state index is 8.38. The van der Waals surface area contributed by atoms with Gasteiger partial charge in [-0.15, -0.1) is 11.3 Å². The average molecular weight is 292 g/mol. The van der Waals surface area contributed by atoms with Crippen LogP contribution in [0.1, 0.15) is 12.0 Å². The van der Waals surface area contributed by atoms with Crippen molar-refractivity contribution in [3.63, 3.8) is 0 Å². The van der Waals surface area contributed by atoms with Crippen molar-refractivity contribution >= 4 is 33.1 Å². The molecule has 0 unspecified atom stereocenters. The van der Waals surface area contributed by atoms with Crippen LogP contribution in [0.5, 0.6) is 0 Å². The summed E-state index contributed by atoms with van der Waals surface area (Å²) in [5.74, 6) is 0.272. The van der Waals surface area contributed by atoms with Gasteiger partial charge in [0.25, 0.3) is 0 Å². The van der Waals surface area contributed by atoms with Gasteiger partial charge in [0.1, 0.15) is 5.84 Å². The van der Waals surface area contributed by atoms with Gasteiger partial charge in [0.2, 0.25) is 0 Å². The van der Waals surface area contributed by atoms with E-state index < -0.39 is 0 Å². The van der Waals surface area contributed by atoms with Crippen molar-refractivity contribution in [3.8, 4) is 0 Å². The second-order valence-corrected chi connectivity index (χ2v) is 5.63. The van der Waals surface area contributed by atoms with Crippen molar-refractivity contribution in [2.75, 3.05) is 13.6 Å². The van der Waals surface area contributed by atoms with Gasteiger partial charge in [-0.05, 0) is 40.0 Å². The Hall–Kier alpha value is -0.590. The van der Waals surface area contributed by atoms with Gasteiger partial charge in [0.15, 0.2) is 0 Å². The van der Waals surface area contributed by atoms with Crippen molar-refractivity contribution in [2.45, 2.75) is 13.0 Å². The van der Waals surface area contributed by atoms with E-state index in [-0.39, 0.29) is 5.84 Å². The zero-order valence-corrected chi connectivity index (χ0v) is 10.9. The van der Waals surface area contributed by atoms with Crippen molar-refractivity contribution < 1.29 is 5.21 Å². The molecular weight excluding hydrogens is 278 g/mol. The highest BCUT2D eigenvalue weighted by molar-refractivity contribution is 9.11. The summed E-state index contributed by atoms with van der Waals surface area (Å²) in [6.45, 7) is 1.66. The highest BCUT2D eigenvalue weighted by atomic mass is 79.9. The number of nitrogens with zero attached hydrogens (tertiary/aromatic N) is 2. The summed E-state index contributed by atoms with van der Waals surface area (Å²) in [4.78, 5) is 2.13. The first-order valence-corrected chi connectivity index (χ1v) is 6.17. The second-order valence-electron chi connectivity index (χ2n) is 3.34. The van der Waals surface area contributed by atoms with E-state index in [1.165, 1.54) is 5.56 Å². The van der Waals surface area contributed by atoms with Gasteiger partial charge in [0.05, 0.1) is 3.79 Å². The van der Waals surface area contributed by atoms with E-state index in [1.807, 2.05) is 7.05 Å². The molecule has 0 fully saturated rings. The normalized spacial score (nSPS) is 12.3. The number of halogens is 1. The zero-order chi connectivity index (χ0) is 11.3. The third-order valence-corrected chi connectivity index (χ3v) is 3.51. The fourth-order valence-electron chi connectivity index (χ4n) is 1.17. The Kier molecular flexibility index (Phi) is 5.07. The molecule has 1 aromatic heterocycles. The SMILES string of the molecule is CN(CCC(N)=NO)Cc1csc(Br)c1. The summed E-state index contributed by atoms with van der Waals surface area (Å²) in [7, 11) is 2.01. The van der Waals surface area contributed by atoms with Gasteiger partial charge >= 0.3 is 0 Å². The van der Waals surface area contributed by atoms with Gasteiger partial charge in [-0.3, -0.25) is 0 Å². The minimum atomic E-state index is 0.272. The maximum absolute atomic E-state index is 8.38. The number of amidine groups is 1. The van der Waals surface area contributed by atoms with Crippen LogP contribution in [0, 0.1) is 0 Å². The Morgan fingerprint density at radius 1 is 1.73 bits per heavy atom. The van der Waals surface area contributed by atoms with Crippen LogP contribution in [0.15, 0.2) is 20.4 Å². The molecule has 1 heterocycles. The average Bonchev–Trinajstić information content (AvgIpc) is 2.60. The van der Waals surface area contributed by atoms with E-state index in [1.54, 1.807) is 11.3 Å². The van der Waals surface area contributed by atoms with Crippen LogP contribution in [0.3, 0.4) is 0 Å². The summed E-state index contributed by atoms with van der Waals surface area (Å²) in [5.41, 5.74) is 6.66. The quantitative estimate of drug-likeness (QED) is 0.378. The first kappa shape index (κ1) is 12.5. The summed E-state index contributed by atoms with van der Waals surface area (Å²) in [6, 6.07) is 2.10. The van der Waals surface area contributed by atoms with E-state index in [0.717, 1.165) is 16.9 Å². The summed E-state index contributed by atoms with van der Waals surface area (Å²) >= 11 is 5.10. The van der Waals surface area contributed by atoms with Crippen LogP contribution >= 0.6 is 27.3 Å². The first-order chi connectivity index (χ1) is 7.11. The van der Waals surface area contributed by atoms with E-state index >= 15 is 0 Å². The molecule has 6 heteroatoms. The lowest BCUT2D eigenvalue weighted by Gasteiger charge is -2.14. The predicted molar refractivity (Wildman–Crippen MR) is 66.4 cm³/mol. The third-order valence-electron chi connectivity index (χ3n) is 1.95. The van der Waals surface area contributed by atoms with Gasteiger partial charge in [-0.2, -0.15) is 0 Å². The van der Waals surface area contributed by atoms with Crippen LogP contribution in [0.2, 0.25) is 0 Å². The molecule has 0 saturated carbocycles. The van der Waals surface area contributed by atoms with E-state index in [0.29, 0.717) is 6.42 Å². The van der Waals surface area contributed by atoms with E-state index in [2.05, 4.69) is 37.4 Å². The Morgan fingerprint density at radius 2 is 2.47 bits per heavy atom. The molecule has 0 radical (unpaired) electrons. The second kappa shape index (κ2) is 6.09. The number of rotatable bonds is 5. The molecule has 1 aromatic rings. The molecule has 0 atom stereocenters. The Morgan fingerprint density at radius 3 is 3.00 bits per heavy atom. The van der Waals surface area contributed by atoms with Gasteiger partial charge in [-0.1, -0.05) is 5.16 Å². The van der Waals surface area contributed by atoms with Crippen LogP contribution in [-0.4, -0.2) is 29.5 Å². The summed E-state index contributed by atoms with van der Waals surface area (Å²) in [5, 5.41) is 13.4. The molecule has 4 nitrogen and oxygen atoms in total. The molecule has 0 aliphatic heterocycles. The highest BCUT2D eigenvalue weighted by Gasteiger charge is 2.03. The number of hydrogen-bond donors (Lipinski definition) is 2. The molecule has 0 aromatic carbocycles. The minimum Gasteiger partial charge on any atom is -0.409 e. The Bertz CT molecular complexity index is 340. The highest BCUT2D eigenvalue weighted by Crippen LogP contribution is 2.21. The summed E-state index contributed by atoms with van der Waals surface area (Å²) < 4.78 is 1.14. The predicted octanol–water partition coefficient (Wildman–Crippen LogP) is 2.08. The molecule has 1 rings (SSSR count). The van der Waals surface area contributed by atoms with Crippen molar-refractivity contribution in [3.05, 3.63) is 20.8 Å². The summed E-state index contributed by atoms with van der Waals surface area (Å²) in [6.07, 6.45) is 0.582. The lowest BCUT2D eigenvalue weighted by molar-refractivity contribution is 0.309. The fraction of sp³-hybridized carbons (Fsp3) is 0.444. The third kappa shape index (κ3) is 4.63. The van der Waals surface area contributed by atoms with Crippen molar-refractivity contribution in [1.82, 2.24) is 4.90 Å². The molecule has 15 heavy (non-hydrogen) atoms. The molecule has 0 aliphatic carbocycles. The first-order valence-electron chi connectivity index (χ1n) is 4.49. The van der Waals surface area contributed by atoms with Crippen LogP contribution in [0.25, 0.3) is 0 Å². The van der Waals surface area contributed by atoms with Crippen LogP contribution in [0.4, 0.5) is 0 Å². The molecule has 0 bridgehead atoms. The topological polar surface area (TPSA) is 61.8 Å².